The Morgan fingerprint density at radius 1 is 1.35 bits per heavy atom. The van der Waals surface area contributed by atoms with Gasteiger partial charge < -0.3 is 10.6 Å². The number of anilines is 1. The summed E-state index contributed by atoms with van der Waals surface area (Å²) in [4.78, 5) is 9.12. The molecule has 2 heterocycles. The molecule has 17 heavy (non-hydrogen) atoms. The summed E-state index contributed by atoms with van der Waals surface area (Å²) in [6.07, 6.45) is 1.88. The van der Waals surface area contributed by atoms with Crippen molar-refractivity contribution in [2.45, 2.75) is 25.9 Å². The van der Waals surface area contributed by atoms with Gasteiger partial charge in [-0.2, -0.15) is 0 Å². The van der Waals surface area contributed by atoms with Crippen molar-refractivity contribution in [2.24, 2.45) is 5.73 Å². The Labute approximate surface area is 110 Å². The van der Waals surface area contributed by atoms with E-state index >= 15 is 0 Å². The van der Waals surface area contributed by atoms with E-state index in [-0.39, 0.29) is 6.04 Å². The summed E-state index contributed by atoms with van der Waals surface area (Å²) in [6.45, 7) is 4.18. The molecule has 3 nitrogen and oxygen atoms in total. The summed E-state index contributed by atoms with van der Waals surface area (Å²) >= 11 is 3.45. The Balaban J connectivity index is 2.16. The van der Waals surface area contributed by atoms with Gasteiger partial charge in [0, 0.05) is 29.0 Å². The van der Waals surface area contributed by atoms with Crippen LogP contribution in [0.5, 0.6) is 0 Å². The number of aromatic nitrogens is 1. The smallest absolute Gasteiger partial charge is 0.185 e. The minimum absolute atomic E-state index is 0.0618. The number of nitrogens with zero attached hydrogens (tertiary/aromatic N) is 2. The fourth-order valence-corrected chi connectivity index (χ4v) is 3.27. The van der Waals surface area contributed by atoms with Gasteiger partial charge in [-0.15, -0.1) is 22.7 Å². The first-order valence-corrected chi connectivity index (χ1v) is 7.26. The molecule has 2 aromatic heterocycles. The van der Waals surface area contributed by atoms with Crippen LogP contribution < -0.4 is 10.6 Å². The van der Waals surface area contributed by atoms with Crippen LogP contribution in [0.4, 0.5) is 5.13 Å². The lowest BCUT2D eigenvalue weighted by Crippen LogP contribution is -2.20. The molecule has 2 unspecified atom stereocenters. The number of nitrogens with two attached hydrogens (primary N) is 1. The quantitative estimate of drug-likeness (QED) is 0.923. The highest BCUT2D eigenvalue weighted by atomic mass is 32.1. The van der Waals surface area contributed by atoms with Crippen molar-refractivity contribution < 1.29 is 0 Å². The Hall–Kier alpha value is -0.910. The van der Waals surface area contributed by atoms with Crippen molar-refractivity contribution in [3.05, 3.63) is 33.5 Å². The monoisotopic (exact) mass is 267 g/mol. The number of rotatable bonds is 4. The maximum Gasteiger partial charge on any atom is 0.185 e. The first-order chi connectivity index (χ1) is 8.09. The molecule has 0 bridgehead atoms. The summed E-state index contributed by atoms with van der Waals surface area (Å²) in [6, 6.07) is 4.65. The minimum Gasteiger partial charge on any atom is -0.344 e. The van der Waals surface area contributed by atoms with Crippen molar-refractivity contribution in [2.75, 3.05) is 11.9 Å². The van der Waals surface area contributed by atoms with E-state index in [0.717, 1.165) is 10.0 Å². The number of thiazole rings is 1. The minimum atomic E-state index is 0.0618. The second kappa shape index (κ2) is 5.16. The summed E-state index contributed by atoms with van der Waals surface area (Å²) < 4.78 is 0. The summed E-state index contributed by atoms with van der Waals surface area (Å²) in [5.41, 5.74) is 5.85. The third kappa shape index (κ3) is 2.68. The second-order valence-corrected chi connectivity index (χ2v) is 6.16. The van der Waals surface area contributed by atoms with Crippen LogP contribution in [-0.4, -0.2) is 12.0 Å². The SMILES string of the molecule is CC(N)c1cnc(N(C)C(C)c2cccs2)s1. The first-order valence-electron chi connectivity index (χ1n) is 5.57. The van der Waals surface area contributed by atoms with Gasteiger partial charge in [0.2, 0.25) is 0 Å². The molecular weight excluding hydrogens is 250 g/mol. The van der Waals surface area contributed by atoms with E-state index in [2.05, 4.69) is 41.4 Å². The van der Waals surface area contributed by atoms with E-state index in [9.17, 15) is 0 Å². The highest BCUT2D eigenvalue weighted by Gasteiger charge is 2.16. The molecule has 0 aliphatic rings. The van der Waals surface area contributed by atoms with Gasteiger partial charge in [-0.05, 0) is 25.3 Å². The Kier molecular flexibility index (Phi) is 3.81. The van der Waals surface area contributed by atoms with Gasteiger partial charge in [0.25, 0.3) is 0 Å². The van der Waals surface area contributed by atoms with E-state index in [1.165, 1.54) is 4.88 Å². The van der Waals surface area contributed by atoms with Crippen LogP contribution in [0, 0.1) is 0 Å². The zero-order valence-electron chi connectivity index (χ0n) is 10.3. The predicted octanol–water partition coefficient (Wildman–Crippen LogP) is 3.42. The average molecular weight is 267 g/mol. The molecule has 2 aromatic rings. The molecule has 0 fully saturated rings. The summed E-state index contributed by atoms with van der Waals surface area (Å²) in [7, 11) is 2.08. The summed E-state index contributed by atoms with van der Waals surface area (Å²) in [5.74, 6) is 0. The maximum atomic E-state index is 5.85. The molecule has 0 aliphatic heterocycles. The van der Waals surface area contributed by atoms with Gasteiger partial charge in [0.05, 0.1) is 6.04 Å². The molecular formula is C12H17N3S2. The van der Waals surface area contributed by atoms with Gasteiger partial charge in [0.15, 0.2) is 5.13 Å². The molecule has 0 saturated heterocycles. The van der Waals surface area contributed by atoms with Crippen molar-refractivity contribution >= 4 is 27.8 Å². The van der Waals surface area contributed by atoms with Crippen LogP contribution in [-0.2, 0) is 0 Å². The van der Waals surface area contributed by atoms with Crippen LogP contribution in [0.1, 0.15) is 35.7 Å². The average Bonchev–Trinajstić information content (AvgIpc) is 2.97. The van der Waals surface area contributed by atoms with Gasteiger partial charge >= 0.3 is 0 Å². The molecule has 2 N–H and O–H groups in total. The van der Waals surface area contributed by atoms with Crippen LogP contribution in [0.2, 0.25) is 0 Å². The fourth-order valence-electron chi connectivity index (χ4n) is 1.54. The highest BCUT2D eigenvalue weighted by molar-refractivity contribution is 7.15. The molecule has 0 radical (unpaired) electrons. The van der Waals surface area contributed by atoms with Gasteiger partial charge in [-0.25, -0.2) is 4.98 Å². The largest absolute Gasteiger partial charge is 0.344 e. The van der Waals surface area contributed by atoms with Crippen molar-refractivity contribution in [1.29, 1.82) is 0 Å². The summed E-state index contributed by atoms with van der Waals surface area (Å²) in [5, 5.41) is 3.13. The maximum absolute atomic E-state index is 5.85. The molecule has 5 heteroatoms. The second-order valence-electron chi connectivity index (χ2n) is 4.14. The lowest BCUT2D eigenvalue weighted by atomic mass is 10.2. The van der Waals surface area contributed by atoms with Gasteiger partial charge in [0.1, 0.15) is 0 Å². The molecule has 92 valence electrons. The number of thiophene rings is 1. The first kappa shape index (κ1) is 12.5. The van der Waals surface area contributed by atoms with Crippen LogP contribution in [0.3, 0.4) is 0 Å². The zero-order valence-corrected chi connectivity index (χ0v) is 11.9. The number of hydrogen-bond donors (Lipinski definition) is 1. The van der Waals surface area contributed by atoms with E-state index < -0.39 is 0 Å². The van der Waals surface area contributed by atoms with Crippen LogP contribution >= 0.6 is 22.7 Å². The molecule has 0 aliphatic carbocycles. The van der Waals surface area contributed by atoms with E-state index in [4.69, 9.17) is 5.73 Å². The van der Waals surface area contributed by atoms with E-state index in [0.29, 0.717) is 6.04 Å². The molecule has 0 amide bonds. The number of hydrogen-bond acceptors (Lipinski definition) is 5. The van der Waals surface area contributed by atoms with Crippen LogP contribution in [0.15, 0.2) is 23.7 Å². The predicted molar refractivity (Wildman–Crippen MR) is 75.9 cm³/mol. The van der Waals surface area contributed by atoms with Crippen molar-refractivity contribution in [1.82, 2.24) is 4.98 Å². The normalized spacial score (nSPS) is 14.6. The Morgan fingerprint density at radius 3 is 2.65 bits per heavy atom. The fraction of sp³-hybridized carbons (Fsp3) is 0.417. The van der Waals surface area contributed by atoms with Crippen molar-refractivity contribution in [3.8, 4) is 0 Å². The lowest BCUT2D eigenvalue weighted by molar-refractivity contribution is 0.751. The van der Waals surface area contributed by atoms with Crippen LogP contribution in [0.25, 0.3) is 0 Å². The molecule has 0 spiro atoms. The standard InChI is InChI=1S/C12H17N3S2/c1-8(13)11-7-14-12(17-11)15(3)9(2)10-5-4-6-16-10/h4-9H,13H2,1-3H3. The van der Waals surface area contributed by atoms with Crippen molar-refractivity contribution in [3.63, 3.8) is 0 Å². The van der Waals surface area contributed by atoms with E-state index in [1.807, 2.05) is 13.1 Å². The lowest BCUT2D eigenvalue weighted by Gasteiger charge is -2.23. The third-order valence-corrected chi connectivity index (χ3v) is 5.13. The molecule has 0 aromatic carbocycles. The van der Waals surface area contributed by atoms with E-state index in [1.54, 1.807) is 22.7 Å². The topological polar surface area (TPSA) is 42.1 Å². The van der Waals surface area contributed by atoms with Gasteiger partial charge in [-0.1, -0.05) is 6.07 Å². The van der Waals surface area contributed by atoms with Gasteiger partial charge in [-0.3, -0.25) is 0 Å². The Bertz CT molecular complexity index is 462. The highest BCUT2D eigenvalue weighted by Crippen LogP contribution is 2.32. The molecule has 2 rings (SSSR count). The molecule has 2 atom stereocenters. The molecule has 0 saturated carbocycles. The zero-order chi connectivity index (χ0) is 12.4. The Morgan fingerprint density at radius 2 is 2.12 bits per heavy atom. The third-order valence-electron chi connectivity index (χ3n) is 2.80.